The van der Waals surface area contributed by atoms with E-state index < -0.39 is 5.97 Å². The van der Waals surface area contributed by atoms with Crippen molar-refractivity contribution in [2.45, 2.75) is 45.7 Å². The molecule has 76 valence electrons. The van der Waals surface area contributed by atoms with Crippen molar-refractivity contribution >= 4 is 5.97 Å². The SMILES string of the molecule is CC(C)C(CC(=O)O)N1CCC1C. The van der Waals surface area contributed by atoms with Gasteiger partial charge in [0.2, 0.25) is 0 Å². The predicted octanol–water partition coefficient (Wildman–Crippen LogP) is 1.58. The van der Waals surface area contributed by atoms with E-state index in [1.54, 1.807) is 0 Å². The summed E-state index contributed by atoms with van der Waals surface area (Å²) in [7, 11) is 0. The third-order valence-corrected chi connectivity index (χ3v) is 2.95. The maximum atomic E-state index is 10.6. The van der Waals surface area contributed by atoms with Crippen LogP contribution >= 0.6 is 0 Å². The van der Waals surface area contributed by atoms with Crippen LogP contribution in [0.2, 0.25) is 0 Å². The quantitative estimate of drug-likeness (QED) is 0.723. The fraction of sp³-hybridized carbons (Fsp3) is 0.900. The Kier molecular flexibility index (Phi) is 3.31. The number of rotatable bonds is 4. The number of carboxylic acid groups (broad SMARTS) is 1. The fourth-order valence-electron chi connectivity index (χ4n) is 1.94. The van der Waals surface area contributed by atoms with Crippen LogP contribution in [-0.2, 0) is 4.79 Å². The van der Waals surface area contributed by atoms with E-state index in [0.29, 0.717) is 12.0 Å². The Balaban J connectivity index is 2.51. The number of hydrogen-bond donors (Lipinski definition) is 1. The van der Waals surface area contributed by atoms with Gasteiger partial charge in [-0.3, -0.25) is 9.69 Å². The summed E-state index contributed by atoms with van der Waals surface area (Å²) in [5, 5.41) is 8.76. The van der Waals surface area contributed by atoms with Crippen LogP contribution in [0.25, 0.3) is 0 Å². The van der Waals surface area contributed by atoms with Crippen LogP contribution in [0, 0.1) is 5.92 Å². The molecule has 1 saturated heterocycles. The van der Waals surface area contributed by atoms with Crippen LogP contribution in [0.4, 0.5) is 0 Å². The van der Waals surface area contributed by atoms with E-state index in [4.69, 9.17) is 5.11 Å². The average molecular weight is 185 g/mol. The Morgan fingerprint density at radius 1 is 1.62 bits per heavy atom. The molecule has 0 aromatic carbocycles. The van der Waals surface area contributed by atoms with Gasteiger partial charge in [-0.25, -0.2) is 0 Å². The maximum absolute atomic E-state index is 10.6. The minimum absolute atomic E-state index is 0.223. The van der Waals surface area contributed by atoms with Crippen LogP contribution in [0.15, 0.2) is 0 Å². The summed E-state index contributed by atoms with van der Waals surface area (Å²) in [6.07, 6.45) is 1.49. The Morgan fingerprint density at radius 3 is 2.46 bits per heavy atom. The molecule has 1 aliphatic rings. The molecule has 1 aliphatic heterocycles. The first-order valence-corrected chi connectivity index (χ1v) is 5.00. The lowest BCUT2D eigenvalue weighted by atomic mass is 9.92. The van der Waals surface area contributed by atoms with Crippen molar-refractivity contribution in [1.29, 1.82) is 0 Å². The van der Waals surface area contributed by atoms with Crippen molar-refractivity contribution in [3.63, 3.8) is 0 Å². The van der Waals surface area contributed by atoms with E-state index in [9.17, 15) is 4.79 Å². The molecule has 0 aromatic rings. The molecule has 3 nitrogen and oxygen atoms in total. The van der Waals surface area contributed by atoms with Gasteiger partial charge in [0, 0.05) is 18.6 Å². The van der Waals surface area contributed by atoms with Gasteiger partial charge < -0.3 is 5.11 Å². The van der Waals surface area contributed by atoms with Gasteiger partial charge in [-0.2, -0.15) is 0 Å². The summed E-state index contributed by atoms with van der Waals surface area (Å²) in [5.74, 6) is -0.253. The average Bonchev–Trinajstić information content (AvgIpc) is 1.99. The highest BCUT2D eigenvalue weighted by molar-refractivity contribution is 5.67. The minimum atomic E-state index is -0.683. The zero-order chi connectivity index (χ0) is 10.0. The molecule has 0 saturated carbocycles. The Morgan fingerprint density at radius 2 is 2.23 bits per heavy atom. The van der Waals surface area contributed by atoms with Crippen LogP contribution < -0.4 is 0 Å². The van der Waals surface area contributed by atoms with Gasteiger partial charge in [0.05, 0.1) is 6.42 Å². The molecule has 0 aliphatic carbocycles. The number of nitrogens with zero attached hydrogens (tertiary/aromatic N) is 1. The van der Waals surface area contributed by atoms with Gasteiger partial charge in [-0.05, 0) is 19.3 Å². The second-order valence-electron chi connectivity index (χ2n) is 4.28. The topological polar surface area (TPSA) is 40.5 Å². The van der Waals surface area contributed by atoms with Crippen molar-refractivity contribution in [3.8, 4) is 0 Å². The lowest BCUT2D eigenvalue weighted by molar-refractivity contribution is -0.140. The fourth-order valence-corrected chi connectivity index (χ4v) is 1.94. The summed E-state index contributed by atoms with van der Waals surface area (Å²) in [6.45, 7) is 7.43. The first kappa shape index (κ1) is 10.5. The number of likely N-dealkylation sites (tertiary alicyclic amines) is 1. The monoisotopic (exact) mass is 185 g/mol. The number of carbonyl (C=O) groups is 1. The van der Waals surface area contributed by atoms with Gasteiger partial charge >= 0.3 is 5.97 Å². The third-order valence-electron chi connectivity index (χ3n) is 2.95. The Bertz CT molecular complexity index is 191. The summed E-state index contributed by atoms with van der Waals surface area (Å²) in [4.78, 5) is 12.9. The van der Waals surface area contributed by atoms with Gasteiger partial charge in [-0.1, -0.05) is 13.8 Å². The summed E-state index contributed by atoms with van der Waals surface area (Å²) >= 11 is 0. The predicted molar refractivity (Wildman–Crippen MR) is 51.7 cm³/mol. The molecular weight excluding hydrogens is 166 g/mol. The van der Waals surface area contributed by atoms with Crippen molar-refractivity contribution in [2.75, 3.05) is 6.54 Å². The highest BCUT2D eigenvalue weighted by Gasteiger charge is 2.33. The van der Waals surface area contributed by atoms with Crippen molar-refractivity contribution < 1.29 is 9.90 Å². The van der Waals surface area contributed by atoms with Gasteiger partial charge in [0.25, 0.3) is 0 Å². The number of aliphatic carboxylic acids is 1. The molecule has 3 heteroatoms. The van der Waals surface area contributed by atoms with Crippen LogP contribution in [-0.4, -0.2) is 34.6 Å². The molecule has 0 radical (unpaired) electrons. The third kappa shape index (κ3) is 2.44. The second-order valence-corrected chi connectivity index (χ2v) is 4.28. The summed E-state index contributed by atoms with van der Waals surface area (Å²) in [5.41, 5.74) is 0. The molecular formula is C10H19NO2. The van der Waals surface area contributed by atoms with Crippen molar-refractivity contribution in [3.05, 3.63) is 0 Å². The first-order chi connectivity index (χ1) is 6.02. The van der Waals surface area contributed by atoms with Gasteiger partial charge in [0.1, 0.15) is 0 Å². The van der Waals surface area contributed by atoms with Crippen LogP contribution in [0.3, 0.4) is 0 Å². The van der Waals surface area contributed by atoms with Gasteiger partial charge in [0.15, 0.2) is 0 Å². The zero-order valence-electron chi connectivity index (χ0n) is 8.66. The van der Waals surface area contributed by atoms with Crippen LogP contribution in [0.5, 0.6) is 0 Å². The van der Waals surface area contributed by atoms with Crippen LogP contribution in [0.1, 0.15) is 33.6 Å². The smallest absolute Gasteiger partial charge is 0.304 e. The van der Waals surface area contributed by atoms with Crippen molar-refractivity contribution in [1.82, 2.24) is 4.90 Å². The molecule has 0 amide bonds. The lowest BCUT2D eigenvalue weighted by Gasteiger charge is -2.45. The minimum Gasteiger partial charge on any atom is -0.481 e. The standard InChI is InChI=1S/C10H19NO2/c1-7(2)9(6-10(12)13)11-5-4-8(11)3/h7-9H,4-6H2,1-3H3,(H,12,13). The highest BCUT2D eigenvalue weighted by atomic mass is 16.4. The van der Waals surface area contributed by atoms with E-state index >= 15 is 0 Å². The normalized spacial score (nSPS) is 25.7. The van der Waals surface area contributed by atoms with E-state index in [-0.39, 0.29) is 12.5 Å². The number of carboxylic acids is 1. The largest absolute Gasteiger partial charge is 0.481 e. The molecule has 1 heterocycles. The first-order valence-electron chi connectivity index (χ1n) is 5.00. The highest BCUT2D eigenvalue weighted by Crippen LogP contribution is 2.25. The van der Waals surface area contributed by atoms with Gasteiger partial charge in [-0.15, -0.1) is 0 Å². The Labute approximate surface area is 79.7 Å². The zero-order valence-corrected chi connectivity index (χ0v) is 8.66. The van der Waals surface area contributed by atoms with E-state index in [2.05, 4.69) is 25.7 Å². The second kappa shape index (κ2) is 4.09. The Hall–Kier alpha value is -0.570. The summed E-state index contributed by atoms with van der Waals surface area (Å²) < 4.78 is 0. The number of hydrogen-bond acceptors (Lipinski definition) is 2. The molecule has 0 bridgehead atoms. The van der Waals surface area contributed by atoms with E-state index in [1.807, 2.05) is 0 Å². The summed E-state index contributed by atoms with van der Waals surface area (Å²) in [6, 6.07) is 0.799. The molecule has 2 unspecified atom stereocenters. The lowest BCUT2D eigenvalue weighted by Crippen LogP contribution is -2.54. The van der Waals surface area contributed by atoms with E-state index in [0.717, 1.165) is 6.54 Å². The molecule has 1 N–H and O–H groups in total. The van der Waals surface area contributed by atoms with Crippen molar-refractivity contribution in [2.24, 2.45) is 5.92 Å². The molecule has 0 spiro atoms. The maximum Gasteiger partial charge on any atom is 0.304 e. The van der Waals surface area contributed by atoms with E-state index in [1.165, 1.54) is 6.42 Å². The molecule has 0 aromatic heterocycles. The molecule has 2 atom stereocenters. The molecule has 13 heavy (non-hydrogen) atoms. The molecule has 1 fully saturated rings. The molecule has 1 rings (SSSR count).